The smallest absolute Gasteiger partial charge is 0.174 e. The summed E-state index contributed by atoms with van der Waals surface area (Å²) in [5, 5.41) is 0. The van der Waals surface area contributed by atoms with Gasteiger partial charge in [0, 0.05) is 27.5 Å². The van der Waals surface area contributed by atoms with Gasteiger partial charge in [-0.3, -0.25) is 4.79 Å². The molecule has 2 aliphatic heterocycles. The zero-order chi connectivity index (χ0) is 18.7. The quantitative estimate of drug-likeness (QED) is 0.795. The molecule has 2 fully saturated rings. The van der Waals surface area contributed by atoms with Crippen molar-refractivity contribution in [2.45, 2.75) is 43.2 Å². The maximum absolute atomic E-state index is 13.1. The Morgan fingerprint density at radius 3 is 3.23 bits per heavy atom. The minimum atomic E-state index is -2.27. The van der Waals surface area contributed by atoms with Gasteiger partial charge in [0.05, 0.1) is 8.48 Å². The fraction of sp³-hybridized carbons (Fsp3) is 0.611. The van der Waals surface area contributed by atoms with E-state index in [0.717, 1.165) is 11.1 Å². The SMILES string of the molecule is [2H]C1([2H])C[C@@]2([2H])[C@H]3Cc4ccc(OC)c5c4[C@@]2(CCN3C)C([2H])(O5)C1=O. The Balaban J connectivity index is 1.91. The highest BCUT2D eigenvalue weighted by Gasteiger charge is 2.65. The molecule has 1 spiro atoms. The fourth-order valence-electron chi connectivity index (χ4n) is 4.81. The normalized spacial score (nSPS) is 50.1. The molecule has 1 aromatic rings. The lowest BCUT2D eigenvalue weighted by Gasteiger charge is -2.57. The number of ketones is 1. The summed E-state index contributed by atoms with van der Waals surface area (Å²) in [5.41, 5.74) is 0.539. The van der Waals surface area contributed by atoms with E-state index in [1.807, 2.05) is 13.1 Å². The van der Waals surface area contributed by atoms with Crippen LogP contribution in [0.15, 0.2) is 12.1 Å². The second-order valence-corrected chi connectivity index (χ2v) is 6.63. The molecule has 116 valence electrons. The van der Waals surface area contributed by atoms with Gasteiger partial charge in [0.2, 0.25) is 0 Å². The maximum Gasteiger partial charge on any atom is 0.174 e. The number of methoxy groups -OCH3 is 1. The van der Waals surface area contributed by atoms with Gasteiger partial charge >= 0.3 is 0 Å². The molecule has 4 heteroatoms. The number of rotatable bonds is 1. The monoisotopic (exact) mass is 303 g/mol. The summed E-state index contributed by atoms with van der Waals surface area (Å²) in [4.78, 5) is 15.2. The maximum atomic E-state index is 13.1. The van der Waals surface area contributed by atoms with Gasteiger partial charge < -0.3 is 14.4 Å². The molecule has 4 nitrogen and oxygen atoms in total. The van der Waals surface area contributed by atoms with Gasteiger partial charge in [-0.15, -0.1) is 0 Å². The van der Waals surface area contributed by atoms with Crippen LogP contribution in [0.5, 0.6) is 11.5 Å². The number of hydrogen-bond donors (Lipinski definition) is 0. The first-order valence-corrected chi connectivity index (χ1v) is 7.77. The van der Waals surface area contributed by atoms with Crippen molar-refractivity contribution in [3.05, 3.63) is 23.3 Å². The van der Waals surface area contributed by atoms with Crippen LogP contribution in [0.4, 0.5) is 0 Å². The van der Waals surface area contributed by atoms with Gasteiger partial charge in [-0.05, 0) is 50.4 Å². The summed E-state index contributed by atoms with van der Waals surface area (Å²) in [7, 11) is 3.45. The number of hydrogen-bond acceptors (Lipinski definition) is 4. The van der Waals surface area contributed by atoms with Crippen molar-refractivity contribution in [2.24, 2.45) is 5.89 Å². The highest BCUT2D eigenvalue weighted by atomic mass is 16.5. The third-order valence-electron chi connectivity index (χ3n) is 5.83. The minimum Gasteiger partial charge on any atom is -0.493 e. The van der Waals surface area contributed by atoms with Crippen molar-refractivity contribution in [1.29, 1.82) is 0 Å². The van der Waals surface area contributed by atoms with Crippen LogP contribution in [0.1, 0.15) is 35.8 Å². The van der Waals surface area contributed by atoms with Crippen LogP contribution >= 0.6 is 0 Å². The molecule has 1 aromatic carbocycles. The van der Waals surface area contributed by atoms with Crippen LogP contribution < -0.4 is 9.47 Å². The van der Waals surface area contributed by atoms with E-state index in [4.69, 9.17) is 13.6 Å². The van der Waals surface area contributed by atoms with Crippen LogP contribution in [0.2, 0.25) is 0 Å². The number of nitrogens with zero attached hydrogens (tertiary/aromatic N) is 1. The third-order valence-corrected chi connectivity index (χ3v) is 5.83. The number of piperidine rings is 1. The number of benzene rings is 1. The summed E-state index contributed by atoms with van der Waals surface area (Å²) < 4.78 is 46.4. The minimum absolute atomic E-state index is 0.214. The van der Waals surface area contributed by atoms with Crippen LogP contribution in [0.25, 0.3) is 0 Å². The van der Waals surface area contributed by atoms with Crippen molar-refractivity contribution in [3.8, 4) is 11.5 Å². The van der Waals surface area contributed by atoms with Gasteiger partial charge in [-0.25, -0.2) is 0 Å². The molecule has 0 N–H and O–H groups in total. The second-order valence-electron chi connectivity index (χ2n) is 6.63. The summed E-state index contributed by atoms with van der Waals surface area (Å²) in [6.45, 7) is 0.641. The number of carbonyl (C=O) groups excluding carboxylic acids is 1. The summed E-state index contributed by atoms with van der Waals surface area (Å²) in [6.07, 6.45) is -3.62. The molecular formula is C18H21NO3. The molecule has 0 aromatic heterocycles. The molecule has 2 heterocycles. The Hall–Kier alpha value is -1.55. The number of likely N-dealkylation sites (tertiary alicyclic amines) is 1. The van der Waals surface area contributed by atoms with Crippen molar-refractivity contribution in [1.82, 2.24) is 4.90 Å². The molecule has 1 saturated carbocycles. The van der Waals surface area contributed by atoms with Gasteiger partial charge in [0.15, 0.2) is 23.4 Å². The van der Waals surface area contributed by atoms with Gasteiger partial charge in [-0.2, -0.15) is 0 Å². The average molecular weight is 303 g/mol. The molecule has 1 unspecified atom stereocenters. The number of carbonyl (C=O) groups is 1. The highest BCUT2D eigenvalue weighted by molar-refractivity contribution is 5.89. The molecule has 0 radical (unpaired) electrons. The predicted molar refractivity (Wildman–Crippen MR) is 81.6 cm³/mol. The van der Waals surface area contributed by atoms with E-state index >= 15 is 0 Å². The van der Waals surface area contributed by atoms with Crippen molar-refractivity contribution < 1.29 is 19.8 Å². The second kappa shape index (κ2) is 4.05. The standard InChI is InChI=1S/C18H21NO3/c1-19-8-7-18-11-4-5-13(20)17(18)22-16-14(21-2)6-3-10(15(16)18)9-12(11)19/h3,6,11-12,17H,4-5,7-9H2,1-2H3/t11-,12+,17?,18-/m0/s1/i5D2,11D,17D. The third kappa shape index (κ3) is 1.27. The lowest BCUT2D eigenvalue weighted by Crippen LogP contribution is -2.65. The van der Waals surface area contributed by atoms with Gasteiger partial charge in [0.25, 0.3) is 0 Å². The molecule has 5 rings (SSSR count). The van der Waals surface area contributed by atoms with Gasteiger partial charge in [-0.1, -0.05) is 6.07 Å². The summed E-state index contributed by atoms with van der Waals surface area (Å²) >= 11 is 0. The molecule has 22 heavy (non-hydrogen) atoms. The van der Waals surface area contributed by atoms with Crippen molar-refractivity contribution >= 4 is 5.78 Å². The molecule has 4 aliphatic rings. The van der Waals surface area contributed by atoms with Crippen LogP contribution in [-0.4, -0.2) is 43.5 Å². The lowest BCUT2D eigenvalue weighted by atomic mass is 9.52. The Kier molecular flexibility index (Phi) is 1.76. The Bertz CT molecular complexity index is 861. The predicted octanol–water partition coefficient (Wildman–Crippen LogP) is 1.93. The first-order valence-electron chi connectivity index (χ1n) is 9.77. The van der Waals surface area contributed by atoms with Crippen molar-refractivity contribution in [2.75, 3.05) is 20.7 Å². The highest BCUT2D eigenvalue weighted by Crippen LogP contribution is 2.62. The molecule has 1 saturated heterocycles. The Morgan fingerprint density at radius 1 is 1.55 bits per heavy atom. The van der Waals surface area contributed by atoms with Crippen LogP contribution in [0.3, 0.4) is 0 Å². The van der Waals surface area contributed by atoms with Crippen LogP contribution in [0, 0.1) is 5.89 Å². The van der Waals surface area contributed by atoms with E-state index in [9.17, 15) is 6.17 Å². The fourth-order valence-corrected chi connectivity index (χ4v) is 4.81. The molecule has 0 amide bonds. The largest absolute Gasteiger partial charge is 0.493 e. The Morgan fingerprint density at radius 2 is 2.41 bits per heavy atom. The average Bonchev–Trinajstić information content (AvgIpc) is 2.84. The van der Waals surface area contributed by atoms with E-state index in [2.05, 4.69) is 4.90 Å². The summed E-state index contributed by atoms with van der Waals surface area (Å²) in [5.74, 6) is -1.40. The number of likely N-dealkylation sites (N-methyl/N-ethyl adjacent to an activating group) is 1. The van der Waals surface area contributed by atoms with E-state index in [1.165, 1.54) is 7.11 Å². The lowest BCUT2D eigenvalue weighted by molar-refractivity contribution is -0.138. The first-order chi connectivity index (χ1) is 12.1. The van der Waals surface area contributed by atoms with E-state index < -0.39 is 29.5 Å². The zero-order valence-electron chi connectivity index (χ0n) is 16.7. The van der Waals surface area contributed by atoms with E-state index in [1.54, 1.807) is 6.07 Å². The topological polar surface area (TPSA) is 38.8 Å². The first kappa shape index (κ1) is 9.56. The summed E-state index contributed by atoms with van der Waals surface area (Å²) in [6, 6.07) is 3.45. The Labute approximate surface area is 136 Å². The molecule has 2 bridgehead atoms. The number of Topliss-reactive ketones (excluding diaryl/α,β-unsaturated/α-hetero) is 1. The number of ether oxygens (including phenoxy) is 2. The van der Waals surface area contributed by atoms with Crippen molar-refractivity contribution in [3.63, 3.8) is 0 Å². The van der Waals surface area contributed by atoms with E-state index in [-0.39, 0.29) is 12.5 Å². The molecule has 4 atom stereocenters. The molecular weight excluding hydrogens is 278 g/mol. The van der Waals surface area contributed by atoms with E-state index in [0.29, 0.717) is 30.9 Å². The molecule has 2 aliphatic carbocycles. The van der Waals surface area contributed by atoms with Crippen LogP contribution in [-0.2, 0) is 16.6 Å². The van der Waals surface area contributed by atoms with Gasteiger partial charge in [0.1, 0.15) is 0 Å². The zero-order valence-corrected chi connectivity index (χ0v) is 12.7.